The highest BCUT2D eigenvalue weighted by Gasteiger charge is 2.27. The van der Waals surface area contributed by atoms with Crippen LogP contribution in [-0.2, 0) is 11.3 Å². The molecule has 1 aromatic carbocycles. The van der Waals surface area contributed by atoms with Gasteiger partial charge < -0.3 is 5.32 Å². The molecule has 0 aliphatic rings. The van der Waals surface area contributed by atoms with Crippen LogP contribution in [0, 0.1) is 0 Å². The number of hydrogen-bond acceptors (Lipinski definition) is 5. The molecule has 3 rings (SSSR count). The second-order valence-corrected chi connectivity index (χ2v) is 6.74. The number of nitrogens with one attached hydrogen (secondary N) is 1. The van der Waals surface area contributed by atoms with Crippen LogP contribution in [0.15, 0.2) is 60.0 Å². The number of hydrogen-bond donors (Lipinski definition) is 1. The number of rotatable bonds is 7. The normalized spacial score (nSPS) is 11.4. The molecule has 1 N–H and O–H groups in total. The van der Waals surface area contributed by atoms with Gasteiger partial charge in [0.15, 0.2) is 11.0 Å². The fourth-order valence-corrected chi connectivity index (χ4v) is 3.16. The molecule has 0 aliphatic heterocycles. The first-order chi connectivity index (χ1) is 13.4. The van der Waals surface area contributed by atoms with Gasteiger partial charge in [-0.05, 0) is 17.7 Å². The van der Waals surface area contributed by atoms with Crippen molar-refractivity contribution >= 4 is 17.7 Å². The van der Waals surface area contributed by atoms with Gasteiger partial charge in [-0.25, -0.2) is 0 Å². The van der Waals surface area contributed by atoms with E-state index in [9.17, 15) is 18.0 Å². The Balaban J connectivity index is 1.79. The van der Waals surface area contributed by atoms with Crippen LogP contribution in [0.1, 0.15) is 5.56 Å². The van der Waals surface area contributed by atoms with E-state index in [0.717, 1.165) is 22.9 Å². The maximum absolute atomic E-state index is 12.2. The van der Waals surface area contributed by atoms with E-state index in [1.165, 1.54) is 0 Å². The first-order valence-electron chi connectivity index (χ1n) is 8.26. The highest BCUT2D eigenvalue weighted by molar-refractivity contribution is 7.99. The molecule has 0 spiro atoms. The van der Waals surface area contributed by atoms with Gasteiger partial charge in [0.25, 0.3) is 0 Å². The molecule has 0 aliphatic carbocycles. The highest BCUT2D eigenvalue weighted by Crippen LogP contribution is 2.24. The lowest BCUT2D eigenvalue weighted by Gasteiger charge is -2.11. The van der Waals surface area contributed by atoms with Crippen LogP contribution in [0.3, 0.4) is 0 Å². The fourth-order valence-electron chi connectivity index (χ4n) is 2.39. The standard InChI is InChI=1S/C18H16F3N5OS/c19-18(20,21)12-23-15(27)11-28-17-25-24-16(14-7-4-8-22-9-14)26(17)10-13-5-2-1-3-6-13/h1-9H,10-12H2,(H,23,27). The van der Waals surface area contributed by atoms with Crippen LogP contribution in [0.4, 0.5) is 13.2 Å². The van der Waals surface area contributed by atoms with Crippen LogP contribution in [-0.4, -0.2) is 44.1 Å². The average Bonchev–Trinajstić information content (AvgIpc) is 3.08. The number of thioether (sulfide) groups is 1. The molecule has 2 aromatic heterocycles. The minimum absolute atomic E-state index is 0.198. The molecule has 0 saturated heterocycles. The average molecular weight is 407 g/mol. The summed E-state index contributed by atoms with van der Waals surface area (Å²) in [5, 5.41) is 10.6. The van der Waals surface area contributed by atoms with Crippen LogP contribution in [0.2, 0.25) is 0 Å². The number of benzene rings is 1. The maximum atomic E-state index is 12.2. The number of carbonyl (C=O) groups is 1. The Hall–Kier alpha value is -2.88. The van der Waals surface area contributed by atoms with E-state index in [-0.39, 0.29) is 5.75 Å². The van der Waals surface area contributed by atoms with Crippen molar-refractivity contribution in [3.8, 4) is 11.4 Å². The molecule has 28 heavy (non-hydrogen) atoms. The van der Waals surface area contributed by atoms with Gasteiger partial charge in [0, 0.05) is 18.0 Å². The molecule has 0 saturated carbocycles. The van der Waals surface area contributed by atoms with E-state index in [2.05, 4.69) is 15.2 Å². The molecule has 0 fully saturated rings. The third kappa shape index (κ3) is 5.56. The Bertz CT molecular complexity index is 916. The van der Waals surface area contributed by atoms with Crippen LogP contribution >= 0.6 is 11.8 Å². The zero-order valence-corrected chi connectivity index (χ0v) is 15.4. The van der Waals surface area contributed by atoms with Crippen molar-refractivity contribution in [3.63, 3.8) is 0 Å². The van der Waals surface area contributed by atoms with Crippen molar-refractivity contribution in [2.75, 3.05) is 12.3 Å². The molecule has 0 bridgehead atoms. The molecule has 0 atom stereocenters. The quantitative estimate of drug-likeness (QED) is 0.609. The Morgan fingerprint density at radius 2 is 1.89 bits per heavy atom. The lowest BCUT2D eigenvalue weighted by molar-refractivity contribution is -0.136. The molecule has 0 radical (unpaired) electrons. The third-order valence-corrected chi connectivity index (χ3v) is 4.61. The number of alkyl halides is 3. The van der Waals surface area contributed by atoms with Crippen molar-refractivity contribution < 1.29 is 18.0 Å². The van der Waals surface area contributed by atoms with E-state index in [4.69, 9.17) is 0 Å². The monoisotopic (exact) mass is 407 g/mol. The molecule has 10 heteroatoms. The number of nitrogens with zero attached hydrogens (tertiary/aromatic N) is 4. The smallest absolute Gasteiger partial charge is 0.346 e. The summed E-state index contributed by atoms with van der Waals surface area (Å²) in [6, 6.07) is 13.2. The van der Waals surface area contributed by atoms with E-state index in [1.54, 1.807) is 18.5 Å². The number of carbonyl (C=O) groups excluding carboxylic acids is 1. The van der Waals surface area contributed by atoms with Crippen LogP contribution in [0.25, 0.3) is 11.4 Å². The molecule has 0 unspecified atom stereocenters. The van der Waals surface area contributed by atoms with Gasteiger partial charge in [0.2, 0.25) is 5.91 Å². The Morgan fingerprint density at radius 3 is 2.57 bits per heavy atom. The number of amides is 1. The number of pyridine rings is 1. The summed E-state index contributed by atoms with van der Waals surface area (Å²) >= 11 is 1.03. The van der Waals surface area contributed by atoms with E-state index in [1.807, 2.05) is 46.3 Å². The topological polar surface area (TPSA) is 72.7 Å². The summed E-state index contributed by atoms with van der Waals surface area (Å²) in [6.07, 6.45) is -1.15. The van der Waals surface area contributed by atoms with Gasteiger partial charge in [0.1, 0.15) is 6.54 Å². The Labute approximate surface area is 163 Å². The summed E-state index contributed by atoms with van der Waals surface area (Å²) in [5.41, 5.74) is 1.75. The predicted molar refractivity (Wildman–Crippen MR) is 98.6 cm³/mol. The number of aromatic nitrogens is 4. The minimum Gasteiger partial charge on any atom is -0.346 e. The fraction of sp³-hybridized carbons (Fsp3) is 0.222. The van der Waals surface area contributed by atoms with E-state index in [0.29, 0.717) is 17.5 Å². The first kappa shape index (κ1) is 19.9. The second kappa shape index (κ2) is 8.87. The second-order valence-electron chi connectivity index (χ2n) is 5.80. The van der Waals surface area contributed by atoms with Gasteiger partial charge in [-0.2, -0.15) is 13.2 Å². The third-order valence-electron chi connectivity index (χ3n) is 3.64. The lowest BCUT2D eigenvalue weighted by atomic mass is 10.2. The zero-order valence-electron chi connectivity index (χ0n) is 14.6. The van der Waals surface area contributed by atoms with Crippen molar-refractivity contribution in [2.45, 2.75) is 17.9 Å². The Morgan fingerprint density at radius 1 is 1.11 bits per heavy atom. The van der Waals surface area contributed by atoms with Crippen molar-refractivity contribution in [3.05, 3.63) is 60.4 Å². The largest absolute Gasteiger partial charge is 0.405 e. The van der Waals surface area contributed by atoms with Gasteiger partial charge in [-0.15, -0.1) is 10.2 Å². The summed E-state index contributed by atoms with van der Waals surface area (Å²) in [6.45, 7) is -0.908. The molecular formula is C18H16F3N5OS. The van der Waals surface area contributed by atoms with E-state index >= 15 is 0 Å². The maximum Gasteiger partial charge on any atom is 0.405 e. The highest BCUT2D eigenvalue weighted by atomic mass is 32.2. The van der Waals surface area contributed by atoms with Crippen molar-refractivity contribution in [2.24, 2.45) is 0 Å². The minimum atomic E-state index is -4.44. The summed E-state index contributed by atoms with van der Waals surface area (Å²) in [4.78, 5) is 15.8. The summed E-state index contributed by atoms with van der Waals surface area (Å²) in [5.74, 6) is -0.356. The lowest BCUT2D eigenvalue weighted by Crippen LogP contribution is -2.34. The molecule has 2 heterocycles. The molecule has 3 aromatic rings. The summed E-state index contributed by atoms with van der Waals surface area (Å²) < 4.78 is 38.5. The first-order valence-corrected chi connectivity index (χ1v) is 9.25. The Kier molecular flexibility index (Phi) is 6.30. The molecule has 6 nitrogen and oxygen atoms in total. The van der Waals surface area contributed by atoms with E-state index < -0.39 is 18.6 Å². The van der Waals surface area contributed by atoms with Crippen molar-refractivity contribution in [1.29, 1.82) is 0 Å². The molecule has 1 amide bonds. The molecular weight excluding hydrogens is 391 g/mol. The summed E-state index contributed by atoms with van der Waals surface area (Å²) in [7, 11) is 0. The van der Waals surface area contributed by atoms with Crippen molar-refractivity contribution in [1.82, 2.24) is 25.1 Å². The van der Waals surface area contributed by atoms with Crippen LogP contribution < -0.4 is 5.32 Å². The van der Waals surface area contributed by atoms with Gasteiger partial charge >= 0.3 is 6.18 Å². The van der Waals surface area contributed by atoms with Gasteiger partial charge in [0.05, 0.1) is 12.3 Å². The van der Waals surface area contributed by atoms with Gasteiger partial charge in [-0.1, -0.05) is 42.1 Å². The molecule has 146 valence electrons. The predicted octanol–water partition coefficient (Wildman–Crippen LogP) is 3.16. The van der Waals surface area contributed by atoms with Crippen LogP contribution in [0.5, 0.6) is 0 Å². The SMILES string of the molecule is O=C(CSc1nnc(-c2cccnc2)n1Cc1ccccc1)NCC(F)(F)F. The number of halogens is 3. The zero-order chi connectivity index (χ0) is 20.0. The van der Waals surface area contributed by atoms with Gasteiger partial charge in [-0.3, -0.25) is 14.3 Å².